The molecule has 0 heterocycles. The molecule has 2 nitrogen and oxygen atoms in total. The lowest BCUT2D eigenvalue weighted by Crippen LogP contribution is -2.45. The maximum atomic E-state index is 5.66. The van der Waals surface area contributed by atoms with E-state index in [1.807, 2.05) is 13.2 Å². The fraction of sp³-hybridized carbons (Fsp3) is 0.846. The van der Waals surface area contributed by atoms with Crippen molar-refractivity contribution in [2.75, 3.05) is 13.7 Å². The van der Waals surface area contributed by atoms with Gasteiger partial charge in [-0.15, -0.1) is 6.58 Å². The van der Waals surface area contributed by atoms with Crippen molar-refractivity contribution in [3.05, 3.63) is 12.7 Å². The number of methoxy groups -OCH3 is 1. The first-order valence-corrected chi connectivity index (χ1v) is 6.16. The SMILES string of the molecule is C=CCC(CC1(OC)CCC1)NCCC. The van der Waals surface area contributed by atoms with E-state index in [0.29, 0.717) is 6.04 Å². The Morgan fingerprint density at radius 3 is 2.67 bits per heavy atom. The Morgan fingerprint density at radius 1 is 1.53 bits per heavy atom. The fourth-order valence-corrected chi connectivity index (χ4v) is 2.30. The molecule has 0 spiro atoms. The summed E-state index contributed by atoms with van der Waals surface area (Å²) in [6.07, 6.45) is 9.15. The average molecular weight is 211 g/mol. The van der Waals surface area contributed by atoms with Crippen LogP contribution in [0.2, 0.25) is 0 Å². The summed E-state index contributed by atoms with van der Waals surface area (Å²) < 4.78 is 5.66. The summed E-state index contributed by atoms with van der Waals surface area (Å²) in [7, 11) is 1.85. The molecule has 1 fully saturated rings. The van der Waals surface area contributed by atoms with Crippen LogP contribution in [0.4, 0.5) is 0 Å². The third kappa shape index (κ3) is 3.62. The van der Waals surface area contributed by atoms with Gasteiger partial charge in [0.25, 0.3) is 0 Å². The predicted octanol–water partition coefficient (Wildman–Crippen LogP) is 2.89. The van der Waals surface area contributed by atoms with Gasteiger partial charge in [0.1, 0.15) is 0 Å². The minimum atomic E-state index is 0.175. The summed E-state index contributed by atoms with van der Waals surface area (Å²) in [5.74, 6) is 0. The van der Waals surface area contributed by atoms with Gasteiger partial charge in [-0.05, 0) is 45.1 Å². The Balaban J connectivity index is 2.37. The van der Waals surface area contributed by atoms with E-state index in [1.165, 1.54) is 25.7 Å². The van der Waals surface area contributed by atoms with Gasteiger partial charge in [0.15, 0.2) is 0 Å². The Bertz CT molecular complexity index is 181. The van der Waals surface area contributed by atoms with Gasteiger partial charge in [-0.3, -0.25) is 0 Å². The molecule has 15 heavy (non-hydrogen) atoms. The molecule has 0 aliphatic heterocycles. The van der Waals surface area contributed by atoms with Gasteiger partial charge in [-0.1, -0.05) is 13.0 Å². The number of rotatable bonds is 8. The van der Waals surface area contributed by atoms with Gasteiger partial charge in [0.05, 0.1) is 5.60 Å². The van der Waals surface area contributed by atoms with Crippen molar-refractivity contribution in [2.24, 2.45) is 0 Å². The zero-order valence-electron chi connectivity index (χ0n) is 10.2. The predicted molar refractivity (Wildman–Crippen MR) is 65.1 cm³/mol. The zero-order chi connectivity index (χ0) is 11.1. The Kier molecular flexibility index (Phi) is 5.34. The summed E-state index contributed by atoms with van der Waals surface area (Å²) in [6, 6.07) is 0.544. The number of ether oxygens (including phenoxy) is 1. The molecule has 1 unspecified atom stereocenters. The molecule has 1 rings (SSSR count). The molecule has 2 heteroatoms. The molecule has 0 aromatic rings. The van der Waals surface area contributed by atoms with Crippen molar-refractivity contribution in [1.82, 2.24) is 5.32 Å². The summed E-state index contributed by atoms with van der Waals surface area (Å²) in [4.78, 5) is 0. The summed E-state index contributed by atoms with van der Waals surface area (Å²) >= 11 is 0. The molecule has 1 atom stereocenters. The second-order valence-corrected chi connectivity index (χ2v) is 4.62. The van der Waals surface area contributed by atoms with E-state index in [-0.39, 0.29) is 5.60 Å². The van der Waals surface area contributed by atoms with Crippen molar-refractivity contribution in [3.8, 4) is 0 Å². The van der Waals surface area contributed by atoms with Crippen LogP contribution >= 0.6 is 0 Å². The van der Waals surface area contributed by atoms with Crippen LogP contribution in [0.3, 0.4) is 0 Å². The Hall–Kier alpha value is -0.340. The number of hydrogen-bond donors (Lipinski definition) is 1. The topological polar surface area (TPSA) is 21.3 Å². The highest BCUT2D eigenvalue weighted by Gasteiger charge is 2.38. The summed E-state index contributed by atoms with van der Waals surface area (Å²) in [5.41, 5.74) is 0.175. The van der Waals surface area contributed by atoms with Gasteiger partial charge >= 0.3 is 0 Å². The Morgan fingerprint density at radius 2 is 2.27 bits per heavy atom. The van der Waals surface area contributed by atoms with Crippen molar-refractivity contribution < 1.29 is 4.74 Å². The lowest BCUT2D eigenvalue weighted by molar-refractivity contribution is -0.0832. The van der Waals surface area contributed by atoms with Crippen molar-refractivity contribution in [2.45, 2.75) is 57.1 Å². The van der Waals surface area contributed by atoms with Crippen LogP contribution in [-0.4, -0.2) is 25.3 Å². The van der Waals surface area contributed by atoms with Gasteiger partial charge in [-0.25, -0.2) is 0 Å². The lowest BCUT2D eigenvalue weighted by atomic mass is 9.75. The highest BCUT2D eigenvalue weighted by atomic mass is 16.5. The average Bonchev–Trinajstić information content (AvgIpc) is 2.20. The van der Waals surface area contributed by atoms with Crippen molar-refractivity contribution >= 4 is 0 Å². The molecule has 0 bridgehead atoms. The maximum absolute atomic E-state index is 5.66. The molecule has 1 aliphatic carbocycles. The third-order valence-electron chi connectivity index (χ3n) is 3.45. The van der Waals surface area contributed by atoms with Gasteiger partial charge in [-0.2, -0.15) is 0 Å². The molecule has 0 radical (unpaired) electrons. The molecule has 0 aromatic carbocycles. The van der Waals surface area contributed by atoms with E-state index < -0.39 is 0 Å². The molecular weight excluding hydrogens is 186 g/mol. The van der Waals surface area contributed by atoms with Gasteiger partial charge in [0, 0.05) is 13.2 Å². The van der Waals surface area contributed by atoms with E-state index in [2.05, 4.69) is 18.8 Å². The lowest BCUT2D eigenvalue weighted by Gasteiger charge is -2.43. The molecule has 88 valence electrons. The second kappa shape index (κ2) is 6.29. The highest BCUT2D eigenvalue weighted by molar-refractivity contribution is 4.94. The molecule has 0 aromatic heterocycles. The standard InChI is InChI=1S/C13H25NO/c1-4-7-12(14-10-5-2)11-13(15-3)8-6-9-13/h4,12,14H,1,5-11H2,2-3H3. The first kappa shape index (κ1) is 12.7. The third-order valence-corrected chi connectivity index (χ3v) is 3.45. The quantitative estimate of drug-likeness (QED) is 0.623. The largest absolute Gasteiger partial charge is 0.378 e. The molecule has 0 amide bonds. The Labute approximate surface area is 94.1 Å². The van der Waals surface area contributed by atoms with Crippen molar-refractivity contribution in [3.63, 3.8) is 0 Å². The van der Waals surface area contributed by atoms with Crippen LogP contribution in [0.5, 0.6) is 0 Å². The monoisotopic (exact) mass is 211 g/mol. The minimum Gasteiger partial charge on any atom is -0.378 e. The number of nitrogens with one attached hydrogen (secondary N) is 1. The normalized spacial score (nSPS) is 20.7. The van der Waals surface area contributed by atoms with E-state index in [1.54, 1.807) is 0 Å². The molecule has 1 aliphatic rings. The molecule has 0 saturated heterocycles. The van der Waals surface area contributed by atoms with Crippen LogP contribution in [0.25, 0.3) is 0 Å². The van der Waals surface area contributed by atoms with Gasteiger partial charge < -0.3 is 10.1 Å². The smallest absolute Gasteiger partial charge is 0.0693 e. The molecule has 1 saturated carbocycles. The maximum Gasteiger partial charge on any atom is 0.0693 e. The van der Waals surface area contributed by atoms with Crippen molar-refractivity contribution in [1.29, 1.82) is 0 Å². The van der Waals surface area contributed by atoms with E-state index in [0.717, 1.165) is 19.4 Å². The molecule has 1 N–H and O–H groups in total. The van der Waals surface area contributed by atoms with Crippen LogP contribution in [0.15, 0.2) is 12.7 Å². The van der Waals surface area contributed by atoms with Gasteiger partial charge in [0.2, 0.25) is 0 Å². The molecular formula is C13H25NO. The highest BCUT2D eigenvalue weighted by Crippen LogP contribution is 2.39. The fourth-order valence-electron chi connectivity index (χ4n) is 2.30. The van der Waals surface area contributed by atoms with E-state index >= 15 is 0 Å². The second-order valence-electron chi connectivity index (χ2n) is 4.62. The van der Waals surface area contributed by atoms with E-state index in [4.69, 9.17) is 4.74 Å². The first-order chi connectivity index (χ1) is 7.26. The van der Waals surface area contributed by atoms with Crippen LogP contribution in [0.1, 0.15) is 45.4 Å². The minimum absolute atomic E-state index is 0.175. The van der Waals surface area contributed by atoms with Crippen LogP contribution < -0.4 is 5.32 Å². The first-order valence-electron chi connectivity index (χ1n) is 6.16. The summed E-state index contributed by atoms with van der Waals surface area (Å²) in [5, 5.41) is 3.58. The van der Waals surface area contributed by atoms with Crippen LogP contribution in [-0.2, 0) is 4.74 Å². The van der Waals surface area contributed by atoms with Crippen LogP contribution in [0, 0.1) is 0 Å². The summed E-state index contributed by atoms with van der Waals surface area (Å²) in [6.45, 7) is 7.12. The van der Waals surface area contributed by atoms with E-state index in [9.17, 15) is 0 Å². The number of hydrogen-bond acceptors (Lipinski definition) is 2. The zero-order valence-corrected chi connectivity index (χ0v) is 10.2.